The van der Waals surface area contributed by atoms with Crippen molar-refractivity contribution in [2.24, 2.45) is 0 Å². The lowest BCUT2D eigenvalue weighted by Crippen LogP contribution is -2.11. The highest BCUT2D eigenvalue weighted by molar-refractivity contribution is 5.97. The average molecular weight is 278 g/mol. The van der Waals surface area contributed by atoms with E-state index in [1.54, 1.807) is 24.3 Å². The Balaban J connectivity index is 2.02. The second-order valence-corrected chi connectivity index (χ2v) is 4.02. The Labute approximate surface area is 114 Å². The number of carbonyl (C=O) groups excluding carboxylic acids is 1. The Bertz CT molecular complexity index is 626. The minimum Gasteiger partial charge on any atom is -0.497 e. The third kappa shape index (κ3) is 3.32. The van der Waals surface area contributed by atoms with Gasteiger partial charge in [0.1, 0.15) is 11.5 Å². The van der Waals surface area contributed by atoms with Gasteiger partial charge in [0, 0.05) is 11.6 Å². The number of methoxy groups -OCH3 is 1. The van der Waals surface area contributed by atoms with E-state index in [4.69, 9.17) is 9.47 Å². The number of ether oxygens (including phenoxy) is 2. The molecule has 20 heavy (non-hydrogen) atoms. The van der Waals surface area contributed by atoms with E-state index in [-0.39, 0.29) is 18.1 Å². The third-order valence-electron chi connectivity index (χ3n) is 2.65. The van der Waals surface area contributed by atoms with Crippen LogP contribution < -0.4 is 9.47 Å². The highest BCUT2D eigenvalue weighted by atomic mass is 19.2. The minimum atomic E-state index is -1.02. The molecular formula is C15H12F2O3. The molecule has 0 spiro atoms. The van der Waals surface area contributed by atoms with Gasteiger partial charge in [0.15, 0.2) is 24.0 Å². The summed E-state index contributed by atoms with van der Waals surface area (Å²) in [7, 11) is 1.50. The molecule has 0 saturated heterocycles. The van der Waals surface area contributed by atoms with Crippen molar-refractivity contribution in [1.82, 2.24) is 0 Å². The number of Topliss-reactive ketones (excluding diaryl/α,β-unsaturated/α-hetero) is 1. The largest absolute Gasteiger partial charge is 0.497 e. The summed E-state index contributed by atoms with van der Waals surface area (Å²) in [5, 5.41) is 0. The van der Waals surface area contributed by atoms with Crippen LogP contribution in [0.15, 0.2) is 42.5 Å². The van der Waals surface area contributed by atoms with Gasteiger partial charge in [-0.15, -0.1) is 0 Å². The Morgan fingerprint density at radius 3 is 2.55 bits per heavy atom. The number of halogens is 2. The van der Waals surface area contributed by atoms with E-state index in [1.165, 1.54) is 13.2 Å². The van der Waals surface area contributed by atoms with Crippen LogP contribution in [0, 0.1) is 11.6 Å². The Morgan fingerprint density at radius 1 is 1.05 bits per heavy atom. The molecular weight excluding hydrogens is 266 g/mol. The fraction of sp³-hybridized carbons (Fsp3) is 0.133. The molecule has 0 unspecified atom stereocenters. The number of hydrogen-bond donors (Lipinski definition) is 0. The number of hydrogen-bond acceptors (Lipinski definition) is 3. The maximum absolute atomic E-state index is 13.0. The van der Waals surface area contributed by atoms with Gasteiger partial charge >= 0.3 is 0 Å². The van der Waals surface area contributed by atoms with Gasteiger partial charge in [-0.1, -0.05) is 12.1 Å². The van der Waals surface area contributed by atoms with Gasteiger partial charge in [-0.25, -0.2) is 8.78 Å². The molecule has 0 aliphatic heterocycles. The Hall–Kier alpha value is -2.43. The van der Waals surface area contributed by atoms with Gasteiger partial charge in [-0.2, -0.15) is 0 Å². The lowest BCUT2D eigenvalue weighted by Gasteiger charge is -2.07. The first-order valence-corrected chi connectivity index (χ1v) is 5.85. The van der Waals surface area contributed by atoms with E-state index >= 15 is 0 Å². The summed E-state index contributed by atoms with van der Waals surface area (Å²) >= 11 is 0. The summed E-state index contributed by atoms with van der Waals surface area (Å²) < 4.78 is 35.9. The smallest absolute Gasteiger partial charge is 0.200 e. The zero-order valence-electron chi connectivity index (χ0n) is 10.7. The van der Waals surface area contributed by atoms with Crippen molar-refractivity contribution >= 4 is 5.78 Å². The molecule has 0 heterocycles. The summed E-state index contributed by atoms with van der Waals surface area (Å²) in [6.07, 6.45) is 0. The first-order chi connectivity index (χ1) is 9.60. The molecule has 0 aliphatic carbocycles. The summed E-state index contributed by atoms with van der Waals surface area (Å²) in [6.45, 7) is -0.266. The molecule has 0 amide bonds. The summed E-state index contributed by atoms with van der Waals surface area (Å²) in [4.78, 5) is 11.9. The maximum atomic E-state index is 13.0. The molecule has 3 nitrogen and oxygen atoms in total. The topological polar surface area (TPSA) is 35.5 Å². The predicted octanol–water partition coefficient (Wildman–Crippen LogP) is 3.24. The van der Waals surface area contributed by atoms with Crippen LogP contribution in [-0.4, -0.2) is 19.5 Å². The van der Waals surface area contributed by atoms with Gasteiger partial charge < -0.3 is 9.47 Å². The van der Waals surface area contributed by atoms with Crippen LogP contribution in [0.2, 0.25) is 0 Å². The zero-order valence-corrected chi connectivity index (χ0v) is 10.7. The van der Waals surface area contributed by atoms with Crippen LogP contribution in [0.4, 0.5) is 8.78 Å². The highest BCUT2D eigenvalue weighted by Crippen LogP contribution is 2.17. The van der Waals surface area contributed by atoms with E-state index in [9.17, 15) is 13.6 Å². The summed E-state index contributed by atoms with van der Waals surface area (Å²) in [5.41, 5.74) is 0.423. The SMILES string of the molecule is COc1cccc(C(=O)COc2ccc(F)c(F)c2)c1. The van der Waals surface area contributed by atoms with E-state index in [2.05, 4.69) is 0 Å². The molecule has 2 aromatic rings. The first-order valence-electron chi connectivity index (χ1n) is 5.85. The molecule has 104 valence electrons. The molecule has 0 N–H and O–H groups in total. The molecule has 0 atom stereocenters. The van der Waals surface area contributed by atoms with Crippen LogP contribution in [0.25, 0.3) is 0 Å². The first kappa shape index (κ1) is 14.0. The number of ketones is 1. The van der Waals surface area contributed by atoms with Gasteiger partial charge in [0.25, 0.3) is 0 Å². The van der Waals surface area contributed by atoms with Crippen LogP contribution in [-0.2, 0) is 0 Å². The Kier molecular flexibility index (Phi) is 4.30. The van der Waals surface area contributed by atoms with Gasteiger partial charge in [-0.05, 0) is 24.3 Å². The van der Waals surface area contributed by atoms with Gasteiger partial charge in [0.2, 0.25) is 0 Å². The van der Waals surface area contributed by atoms with Crippen LogP contribution >= 0.6 is 0 Å². The van der Waals surface area contributed by atoms with Crippen molar-refractivity contribution in [2.45, 2.75) is 0 Å². The van der Waals surface area contributed by atoms with E-state index in [0.29, 0.717) is 11.3 Å². The molecule has 0 bridgehead atoms. The number of rotatable bonds is 5. The van der Waals surface area contributed by atoms with Gasteiger partial charge in [0.05, 0.1) is 7.11 Å². The number of carbonyl (C=O) groups is 1. The molecule has 0 aliphatic rings. The fourth-order valence-electron chi connectivity index (χ4n) is 1.60. The number of benzene rings is 2. The zero-order chi connectivity index (χ0) is 14.5. The van der Waals surface area contributed by atoms with Crippen molar-refractivity contribution in [2.75, 3.05) is 13.7 Å². The standard InChI is InChI=1S/C15H12F2O3/c1-19-11-4-2-3-10(7-11)15(18)9-20-12-5-6-13(16)14(17)8-12/h2-8H,9H2,1H3. The van der Waals surface area contributed by atoms with Crippen molar-refractivity contribution in [3.8, 4) is 11.5 Å². The monoisotopic (exact) mass is 278 g/mol. The minimum absolute atomic E-state index is 0.0974. The van der Waals surface area contributed by atoms with Gasteiger partial charge in [-0.3, -0.25) is 4.79 Å². The van der Waals surface area contributed by atoms with Crippen molar-refractivity contribution in [1.29, 1.82) is 0 Å². The predicted molar refractivity (Wildman–Crippen MR) is 69.2 cm³/mol. The van der Waals surface area contributed by atoms with Crippen LogP contribution in [0.5, 0.6) is 11.5 Å². The van der Waals surface area contributed by atoms with Crippen molar-refractivity contribution in [3.05, 3.63) is 59.7 Å². The molecule has 2 aromatic carbocycles. The average Bonchev–Trinajstić information content (AvgIpc) is 2.48. The lowest BCUT2D eigenvalue weighted by atomic mass is 10.1. The third-order valence-corrected chi connectivity index (χ3v) is 2.65. The molecule has 0 saturated carbocycles. The van der Waals surface area contributed by atoms with Crippen LogP contribution in [0.3, 0.4) is 0 Å². The maximum Gasteiger partial charge on any atom is 0.200 e. The molecule has 0 radical (unpaired) electrons. The molecule has 5 heteroatoms. The second kappa shape index (κ2) is 6.14. The Morgan fingerprint density at radius 2 is 1.85 bits per heavy atom. The van der Waals surface area contributed by atoms with Crippen LogP contribution in [0.1, 0.15) is 10.4 Å². The summed E-state index contributed by atoms with van der Waals surface area (Å²) in [5.74, 6) is -1.61. The normalized spacial score (nSPS) is 10.2. The van der Waals surface area contributed by atoms with Crippen molar-refractivity contribution in [3.63, 3.8) is 0 Å². The fourth-order valence-corrected chi connectivity index (χ4v) is 1.60. The lowest BCUT2D eigenvalue weighted by molar-refractivity contribution is 0.0921. The van der Waals surface area contributed by atoms with Crippen molar-refractivity contribution < 1.29 is 23.0 Å². The molecule has 0 aromatic heterocycles. The highest BCUT2D eigenvalue weighted by Gasteiger charge is 2.09. The van der Waals surface area contributed by atoms with E-state index in [1.807, 2.05) is 0 Å². The second-order valence-electron chi connectivity index (χ2n) is 4.02. The quantitative estimate of drug-likeness (QED) is 0.788. The van der Waals surface area contributed by atoms with E-state index < -0.39 is 11.6 Å². The molecule has 0 fully saturated rings. The summed E-state index contributed by atoms with van der Waals surface area (Å²) in [6, 6.07) is 9.71. The van der Waals surface area contributed by atoms with E-state index in [0.717, 1.165) is 12.1 Å². The molecule has 2 rings (SSSR count).